The molecule has 19 heavy (non-hydrogen) atoms. The van der Waals surface area contributed by atoms with Crippen LogP contribution in [0, 0.1) is 0 Å². The summed E-state index contributed by atoms with van der Waals surface area (Å²) in [6.45, 7) is 1.92. The maximum absolute atomic E-state index is 12.1. The number of benzene rings is 1. The number of amides is 2. The second-order valence-corrected chi connectivity index (χ2v) is 4.57. The second kappa shape index (κ2) is 5.65. The van der Waals surface area contributed by atoms with Gasteiger partial charge in [0, 0.05) is 19.9 Å². The molecule has 0 bridgehead atoms. The van der Waals surface area contributed by atoms with Crippen molar-refractivity contribution in [2.45, 2.75) is 25.8 Å². The van der Waals surface area contributed by atoms with Crippen molar-refractivity contribution in [2.75, 3.05) is 7.05 Å². The summed E-state index contributed by atoms with van der Waals surface area (Å²) in [5.41, 5.74) is 1.45. The molecule has 0 spiro atoms. The van der Waals surface area contributed by atoms with E-state index in [1.165, 1.54) is 5.01 Å². The minimum atomic E-state index is -0.212. The molecule has 1 unspecified atom stereocenters. The van der Waals surface area contributed by atoms with Crippen LogP contribution in [0.5, 0.6) is 0 Å². The summed E-state index contributed by atoms with van der Waals surface area (Å²) in [5.74, 6) is -0.275. The summed E-state index contributed by atoms with van der Waals surface area (Å²) in [7, 11) is 1.56. The van der Waals surface area contributed by atoms with E-state index in [1.54, 1.807) is 7.05 Å². The summed E-state index contributed by atoms with van der Waals surface area (Å²) in [5, 5.41) is 8.12. The van der Waals surface area contributed by atoms with Crippen LogP contribution in [0.4, 0.5) is 0 Å². The third-order valence-electron chi connectivity index (χ3n) is 3.12. The van der Waals surface area contributed by atoms with Crippen LogP contribution in [-0.4, -0.2) is 29.6 Å². The van der Waals surface area contributed by atoms with Crippen LogP contribution < -0.4 is 5.32 Å². The van der Waals surface area contributed by atoms with Crippen molar-refractivity contribution in [2.24, 2.45) is 5.10 Å². The molecular formula is C14H17N3O2. The van der Waals surface area contributed by atoms with E-state index in [0.29, 0.717) is 18.6 Å². The lowest BCUT2D eigenvalue weighted by molar-refractivity contribution is -0.130. The summed E-state index contributed by atoms with van der Waals surface area (Å²) in [4.78, 5) is 23.3. The summed E-state index contributed by atoms with van der Waals surface area (Å²) in [6.07, 6.45) is 0.735. The summed E-state index contributed by atoms with van der Waals surface area (Å²) >= 11 is 0. The Kier molecular flexibility index (Phi) is 3.94. The normalized spacial score (nSPS) is 16.8. The molecule has 0 saturated heterocycles. The summed E-state index contributed by atoms with van der Waals surface area (Å²) in [6, 6.07) is 9.64. The maximum atomic E-state index is 12.1. The van der Waals surface area contributed by atoms with E-state index in [0.717, 1.165) is 5.56 Å². The number of carbonyl (C=O) groups is 2. The number of hydrazone groups is 1. The third-order valence-corrected chi connectivity index (χ3v) is 3.12. The first-order valence-electron chi connectivity index (χ1n) is 6.28. The van der Waals surface area contributed by atoms with Gasteiger partial charge in [-0.3, -0.25) is 9.59 Å². The first kappa shape index (κ1) is 13.3. The van der Waals surface area contributed by atoms with Crippen molar-refractivity contribution in [3.63, 3.8) is 0 Å². The number of hydrogen-bond acceptors (Lipinski definition) is 3. The standard InChI is InChI=1S/C14H17N3O2/c1-10(11-6-4-3-5-7-11)15-14(19)12-8-9-13(18)17(2)16-12/h3-7,10H,8-9H2,1-2H3,(H,15,19). The predicted octanol–water partition coefficient (Wildman–Crippen LogP) is 1.47. The van der Waals surface area contributed by atoms with E-state index in [9.17, 15) is 9.59 Å². The molecule has 5 nitrogen and oxygen atoms in total. The number of nitrogens with zero attached hydrogens (tertiary/aromatic N) is 2. The lowest BCUT2D eigenvalue weighted by atomic mass is 10.1. The quantitative estimate of drug-likeness (QED) is 0.893. The first-order valence-corrected chi connectivity index (χ1v) is 6.28. The van der Waals surface area contributed by atoms with Crippen molar-refractivity contribution >= 4 is 17.5 Å². The van der Waals surface area contributed by atoms with Gasteiger partial charge in [0.05, 0.1) is 6.04 Å². The topological polar surface area (TPSA) is 61.8 Å². The SMILES string of the molecule is CC(NC(=O)C1=NN(C)C(=O)CC1)c1ccccc1. The van der Waals surface area contributed by atoms with E-state index in [1.807, 2.05) is 37.3 Å². The summed E-state index contributed by atoms with van der Waals surface area (Å²) < 4.78 is 0. The Labute approximate surface area is 112 Å². The molecule has 2 rings (SSSR count). The third kappa shape index (κ3) is 3.19. The van der Waals surface area contributed by atoms with Gasteiger partial charge >= 0.3 is 0 Å². The molecule has 0 aliphatic carbocycles. The molecule has 0 fully saturated rings. The van der Waals surface area contributed by atoms with Crippen LogP contribution in [0.3, 0.4) is 0 Å². The first-order chi connectivity index (χ1) is 9.08. The lowest BCUT2D eigenvalue weighted by Crippen LogP contribution is -2.38. The molecule has 1 aliphatic heterocycles. The Hall–Kier alpha value is -2.17. The molecule has 1 aromatic rings. The van der Waals surface area contributed by atoms with Gasteiger partial charge in [-0.25, -0.2) is 5.01 Å². The van der Waals surface area contributed by atoms with Crippen LogP contribution in [0.15, 0.2) is 35.4 Å². The zero-order valence-electron chi connectivity index (χ0n) is 11.1. The van der Waals surface area contributed by atoms with Crippen LogP contribution >= 0.6 is 0 Å². The van der Waals surface area contributed by atoms with Gasteiger partial charge in [0.1, 0.15) is 5.71 Å². The largest absolute Gasteiger partial charge is 0.344 e. The molecule has 0 aromatic heterocycles. The highest BCUT2D eigenvalue weighted by atomic mass is 16.2. The monoisotopic (exact) mass is 259 g/mol. The molecule has 100 valence electrons. The van der Waals surface area contributed by atoms with Gasteiger partial charge < -0.3 is 5.32 Å². The molecule has 1 aliphatic rings. The van der Waals surface area contributed by atoms with Crippen LogP contribution in [0.2, 0.25) is 0 Å². The number of hydrogen-bond donors (Lipinski definition) is 1. The van der Waals surface area contributed by atoms with Crippen molar-refractivity contribution in [1.29, 1.82) is 0 Å². The molecule has 1 atom stereocenters. The van der Waals surface area contributed by atoms with Crippen LogP contribution in [0.1, 0.15) is 31.4 Å². The van der Waals surface area contributed by atoms with E-state index >= 15 is 0 Å². The Morgan fingerprint density at radius 2 is 2.00 bits per heavy atom. The number of carbonyl (C=O) groups excluding carboxylic acids is 2. The van der Waals surface area contributed by atoms with Crippen LogP contribution in [-0.2, 0) is 9.59 Å². The fourth-order valence-corrected chi connectivity index (χ4v) is 1.94. The van der Waals surface area contributed by atoms with Crippen molar-refractivity contribution in [3.8, 4) is 0 Å². The van der Waals surface area contributed by atoms with Crippen molar-refractivity contribution in [1.82, 2.24) is 10.3 Å². The highest BCUT2D eigenvalue weighted by molar-refractivity contribution is 6.39. The highest BCUT2D eigenvalue weighted by Gasteiger charge is 2.22. The lowest BCUT2D eigenvalue weighted by Gasteiger charge is -2.20. The zero-order valence-corrected chi connectivity index (χ0v) is 11.1. The van der Waals surface area contributed by atoms with E-state index in [4.69, 9.17) is 0 Å². The van der Waals surface area contributed by atoms with Crippen molar-refractivity contribution in [3.05, 3.63) is 35.9 Å². The number of rotatable bonds is 3. The van der Waals surface area contributed by atoms with E-state index in [-0.39, 0.29) is 17.9 Å². The Morgan fingerprint density at radius 3 is 2.63 bits per heavy atom. The van der Waals surface area contributed by atoms with E-state index < -0.39 is 0 Å². The Morgan fingerprint density at radius 1 is 1.32 bits per heavy atom. The minimum absolute atomic E-state index is 0.0624. The molecule has 1 heterocycles. The van der Waals surface area contributed by atoms with Gasteiger partial charge in [-0.2, -0.15) is 5.10 Å². The predicted molar refractivity (Wildman–Crippen MR) is 72.4 cm³/mol. The maximum Gasteiger partial charge on any atom is 0.267 e. The fourth-order valence-electron chi connectivity index (χ4n) is 1.94. The average molecular weight is 259 g/mol. The molecule has 0 saturated carbocycles. The minimum Gasteiger partial charge on any atom is -0.344 e. The van der Waals surface area contributed by atoms with Crippen LogP contribution in [0.25, 0.3) is 0 Å². The fraction of sp³-hybridized carbons (Fsp3) is 0.357. The van der Waals surface area contributed by atoms with Gasteiger partial charge in [-0.05, 0) is 12.5 Å². The molecule has 0 radical (unpaired) electrons. The van der Waals surface area contributed by atoms with Gasteiger partial charge in [0.2, 0.25) is 5.91 Å². The second-order valence-electron chi connectivity index (χ2n) is 4.57. The van der Waals surface area contributed by atoms with E-state index in [2.05, 4.69) is 10.4 Å². The Bertz CT molecular complexity index is 511. The number of nitrogens with one attached hydrogen (secondary N) is 1. The zero-order chi connectivity index (χ0) is 13.8. The molecule has 2 amide bonds. The Balaban J connectivity index is 2.02. The molecule has 5 heteroatoms. The van der Waals surface area contributed by atoms with Crippen molar-refractivity contribution < 1.29 is 9.59 Å². The molecule has 1 N–H and O–H groups in total. The molecular weight excluding hydrogens is 242 g/mol. The highest BCUT2D eigenvalue weighted by Crippen LogP contribution is 2.12. The van der Waals surface area contributed by atoms with Gasteiger partial charge in [-0.1, -0.05) is 30.3 Å². The molecule has 1 aromatic carbocycles. The smallest absolute Gasteiger partial charge is 0.267 e. The van der Waals surface area contributed by atoms with Gasteiger partial charge in [0.25, 0.3) is 5.91 Å². The van der Waals surface area contributed by atoms with Gasteiger partial charge in [-0.15, -0.1) is 0 Å². The van der Waals surface area contributed by atoms with Gasteiger partial charge in [0.15, 0.2) is 0 Å². The average Bonchev–Trinajstić information content (AvgIpc) is 2.42.